The summed E-state index contributed by atoms with van der Waals surface area (Å²) >= 11 is 7.52. The van der Waals surface area contributed by atoms with E-state index in [9.17, 15) is 14.0 Å². The van der Waals surface area contributed by atoms with Crippen LogP contribution in [0.4, 0.5) is 4.39 Å². The second-order valence-electron chi connectivity index (χ2n) is 8.57. The number of nitrogens with zero attached hydrogens (tertiary/aromatic N) is 1. The molecule has 35 heavy (non-hydrogen) atoms. The number of rotatable bonds is 11. The highest BCUT2D eigenvalue weighted by atomic mass is 35.5. The molecular formula is C28H30ClFN2O2S. The van der Waals surface area contributed by atoms with Gasteiger partial charge in [0.1, 0.15) is 11.9 Å². The normalized spacial score (nSPS) is 11.8. The molecule has 2 amide bonds. The van der Waals surface area contributed by atoms with Crippen molar-refractivity contribution in [3.63, 3.8) is 0 Å². The van der Waals surface area contributed by atoms with Crippen molar-refractivity contribution in [2.45, 2.75) is 50.2 Å². The fourth-order valence-electron chi connectivity index (χ4n) is 3.65. The zero-order valence-electron chi connectivity index (χ0n) is 19.9. The molecule has 0 spiro atoms. The first-order valence-corrected chi connectivity index (χ1v) is 12.9. The van der Waals surface area contributed by atoms with Crippen molar-refractivity contribution in [3.05, 3.63) is 101 Å². The summed E-state index contributed by atoms with van der Waals surface area (Å²) in [6, 6.07) is 22.4. The van der Waals surface area contributed by atoms with E-state index < -0.39 is 6.04 Å². The van der Waals surface area contributed by atoms with Crippen molar-refractivity contribution in [1.29, 1.82) is 0 Å². The van der Waals surface area contributed by atoms with Gasteiger partial charge in [-0.05, 0) is 61.4 Å². The van der Waals surface area contributed by atoms with Crippen molar-refractivity contribution in [1.82, 2.24) is 10.2 Å². The topological polar surface area (TPSA) is 49.4 Å². The van der Waals surface area contributed by atoms with Crippen LogP contribution in [0.15, 0.2) is 83.8 Å². The molecule has 1 atom stereocenters. The number of halogens is 2. The smallest absolute Gasteiger partial charge is 0.243 e. The molecule has 0 fully saturated rings. The van der Waals surface area contributed by atoms with Gasteiger partial charge in [-0.1, -0.05) is 54.1 Å². The molecule has 0 bridgehead atoms. The second-order valence-corrected chi connectivity index (χ2v) is 10.2. The highest BCUT2D eigenvalue weighted by Crippen LogP contribution is 2.22. The molecule has 1 unspecified atom stereocenters. The van der Waals surface area contributed by atoms with Crippen LogP contribution in [-0.4, -0.2) is 34.6 Å². The highest BCUT2D eigenvalue weighted by molar-refractivity contribution is 7.99. The summed E-state index contributed by atoms with van der Waals surface area (Å²) in [5, 5.41) is 3.63. The Morgan fingerprint density at radius 3 is 2.23 bits per heavy atom. The summed E-state index contributed by atoms with van der Waals surface area (Å²) in [4.78, 5) is 29.5. The van der Waals surface area contributed by atoms with Gasteiger partial charge in [0, 0.05) is 41.1 Å². The van der Waals surface area contributed by atoms with Gasteiger partial charge in [0.2, 0.25) is 11.8 Å². The van der Waals surface area contributed by atoms with E-state index in [1.54, 1.807) is 28.8 Å². The van der Waals surface area contributed by atoms with E-state index in [0.29, 0.717) is 17.2 Å². The monoisotopic (exact) mass is 512 g/mol. The highest BCUT2D eigenvalue weighted by Gasteiger charge is 2.30. The number of hydrogen-bond donors (Lipinski definition) is 1. The Hall–Kier alpha value is -2.83. The molecule has 184 valence electrons. The number of thioether (sulfide) groups is 1. The minimum Gasteiger partial charge on any atom is -0.352 e. The van der Waals surface area contributed by atoms with Crippen LogP contribution in [0, 0.1) is 5.82 Å². The van der Waals surface area contributed by atoms with Crippen molar-refractivity contribution in [2.24, 2.45) is 0 Å². The fraction of sp³-hybridized carbons (Fsp3) is 0.286. The van der Waals surface area contributed by atoms with Crippen LogP contribution in [-0.2, 0) is 22.6 Å². The zero-order valence-corrected chi connectivity index (χ0v) is 21.5. The van der Waals surface area contributed by atoms with Crippen molar-refractivity contribution in [2.75, 3.05) is 5.75 Å². The first-order valence-electron chi connectivity index (χ1n) is 11.6. The lowest BCUT2D eigenvalue weighted by molar-refractivity contribution is -0.141. The summed E-state index contributed by atoms with van der Waals surface area (Å²) in [6.45, 7) is 4.01. The number of nitrogens with one attached hydrogen (secondary N) is 1. The molecule has 3 rings (SSSR count). The van der Waals surface area contributed by atoms with Gasteiger partial charge < -0.3 is 10.2 Å². The van der Waals surface area contributed by atoms with Crippen LogP contribution in [0.5, 0.6) is 0 Å². The summed E-state index contributed by atoms with van der Waals surface area (Å²) < 4.78 is 13.5. The molecular weight excluding hydrogens is 483 g/mol. The summed E-state index contributed by atoms with van der Waals surface area (Å²) in [7, 11) is 0. The maximum atomic E-state index is 13.5. The van der Waals surface area contributed by atoms with E-state index in [-0.39, 0.29) is 36.6 Å². The van der Waals surface area contributed by atoms with E-state index in [0.717, 1.165) is 16.0 Å². The Morgan fingerprint density at radius 1 is 0.943 bits per heavy atom. The van der Waals surface area contributed by atoms with E-state index >= 15 is 0 Å². The number of amides is 2. The summed E-state index contributed by atoms with van der Waals surface area (Å²) in [5.41, 5.74) is 1.73. The third-order valence-corrected chi connectivity index (χ3v) is 6.63. The van der Waals surface area contributed by atoms with Gasteiger partial charge in [-0.25, -0.2) is 4.39 Å². The SMILES string of the molecule is CC(C)NC(=O)C(Cc1ccccc1)N(Cc1ccc(F)cc1)C(=O)CCSc1ccc(Cl)cc1. The van der Waals surface area contributed by atoms with Crippen LogP contribution >= 0.6 is 23.4 Å². The molecule has 0 saturated heterocycles. The van der Waals surface area contributed by atoms with Crippen LogP contribution in [0.2, 0.25) is 5.02 Å². The van der Waals surface area contributed by atoms with Crippen molar-refractivity contribution >= 4 is 35.2 Å². The molecule has 1 N–H and O–H groups in total. The third-order valence-electron chi connectivity index (χ3n) is 5.37. The van der Waals surface area contributed by atoms with Crippen LogP contribution in [0.3, 0.4) is 0 Å². The van der Waals surface area contributed by atoms with Gasteiger partial charge in [0.05, 0.1) is 0 Å². The molecule has 4 nitrogen and oxygen atoms in total. The van der Waals surface area contributed by atoms with E-state index in [4.69, 9.17) is 11.6 Å². The Morgan fingerprint density at radius 2 is 1.60 bits per heavy atom. The molecule has 0 aliphatic heterocycles. The molecule has 0 heterocycles. The molecule has 0 aliphatic carbocycles. The molecule has 7 heteroatoms. The minimum atomic E-state index is -0.696. The molecule has 0 saturated carbocycles. The zero-order chi connectivity index (χ0) is 25.2. The van der Waals surface area contributed by atoms with Gasteiger partial charge in [0.15, 0.2) is 0 Å². The summed E-state index contributed by atoms with van der Waals surface area (Å²) in [5.74, 6) is -0.116. The van der Waals surface area contributed by atoms with E-state index in [1.807, 2.05) is 68.4 Å². The van der Waals surface area contributed by atoms with E-state index in [1.165, 1.54) is 12.1 Å². The fourth-order valence-corrected chi connectivity index (χ4v) is 4.62. The summed E-state index contributed by atoms with van der Waals surface area (Å²) in [6.07, 6.45) is 0.644. The average molecular weight is 513 g/mol. The predicted octanol–water partition coefficient (Wildman–Crippen LogP) is 6.13. The molecule has 0 radical (unpaired) electrons. The lowest BCUT2D eigenvalue weighted by atomic mass is 10.0. The van der Waals surface area contributed by atoms with Crippen LogP contribution < -0.4 is 5.32 Å². The number of carbonyl (C=O) groups is 2. The third kappa shape index (κ3) is 8.71. The molecule has 0 aromatic heterocycles. The Labute approximate surface area is 215 Å². The number of carbonyl (C=O) groups excluding carboxylic acids is 2. The first kappa shape index (κ1) is 26.8. The second kappa shape index (κ2) is 13.3. The van der Waals surface area contributed by atoms with Crippen molar-refractivity contribution < 1.29 is 14.0 Å². The maximum absolute atomic E-state index is 13.5. The lowest BCUT2D eigenvalue weighted by Gasteiger charge is -2.32. The molecule has 3 aromatic carbocycles. The Balaban J connectivity index is 1.83. The molecule has 3 aromatic rings. The van der Waals surface area contributed by atoms with Gasteiger partial charge in [0.25, 0.3) is 0 Å². The Kier molecular flexibility index (Phi) is 10.2. The van der Waals surface area contributed by atoms with Gasteiger partial charge in [-0.2, -0.15) is 0 Å². The Bertz CT molecular complexity index is 1090. The largest absolute Gasteiger partial charge is 0.352 e. The van der Waals surface area contributed by atoms with Gasteiger partial charge in [-0.15, -0.1) is 11.8 Å². The maximum Gasteiger partial charge on any atom is 0.243 e. The lowest BCUT2D eigenvalue weighted by Crippen LogP contribution is -2.51. The molecule has 0 aliphatic rings. The quantitative estimate of drug-likeness (QED) is 0.314. The van der Waals surface area contributed by atoms with Crippen LogP contribution in [0.25, 0.3) is 0 Å². The van der Waals surface area contributed by atoms with E-state index in [2.05, 4.69) is 5.32 Å². The number of benzene rings is 3. The minimum absolute atomic E-state index is 0.0657. The standard InChI is InChI=1S/C28H30ClFN2O2S/c1-20(2)31-28(34)26(18-21-6-4-3-5-7-21)32(19-22-8-12-24(30)13-9-22)27(33)16-17-35-25-14-10-23(29)11-15-25/h3-15,20,26H,16-19H2,1-2H3,(H,31,34). The average Bonchev–Trinajstić information content (AvgIpc) is 2.84. The first-order chi connectivity index (χ1) is 16.8. The number of hydrogen-bond acceptors (Lipinski definition) is 3. The van der Waals surface area contributed by atoms with Crippen molar-refractivity contribution in [3.8, 4) is 0 Å². The predicted molar refractivity (Wildman–Crippen MR) is 141 cm³/mol. The van der Waals surface area contributed by atoms with Gasteiger partial charge in [-0.3, -0.25) is 9.59 Å². The van der Waals surface area contributed by atoms with Crippen LogP contribution in [0.1, 0.15) is 31.4 Å². The van der Waals surface area contributed by atoms with Gasteiger partial charge >= 0.3 is 0 Å².